The molecule has 8 nitrogen and oxygen atoms in total. The molecule has 1 aromatic heterocycles. The third-order valence-corrected chi connectivity index (χ3v) is 7.19. The number of fused-ring (bicyclic) bond motifs is 1. The molecule has 2 aromatic carbocycles. The number of rotatable bonds is 4. The Bertz CT molecular complexity index is 1460. The molecule has 37 heavy (non-hydrogen) atoms. The van der Waals surface area contributed by atoms with Crippen molar-refractivity contribution < 1.29 is 41.2 Å². The van der Waals surface area contributed by atoms with Crippen molar-refractivity contribution in [1.82, 2.24) is 4.98 Å². The van der Waals surface area contributed by atoms with Crippen LogP contribution in [0, 0.1) is 10.1 Å². The Morgan fingerprint density at radius 2 is 1.68 bits per heavy atom. The fourth-order valence-electron chi connectivity index (χ4n) is 4.23. The second-order valence-corrected chi connectivity index (χ2v) is 9.27. The van der Waals surface area contributed by atoms with Crippen LogP contribution in [-0.2, 0) is 12.4 Å². The van der Waals surface area contributed by atoms with E-state index in [-0.39, 0.29) is 46.9 Å². The predicted molar refractivity (Wildman–Crippen MR) is 120 cm³/mol. The van der Waals surface area contributed by atoms with Crippen molar-refractivity contribution >= 4 is 38.2 Å². The highest BCUT2D eigenvalue weighted by Gasteiger charge is 2.36. The highest BCUT2D eigenvalue weighted by Crippen LogP contribution is 2.40. The fourth-order valence-corrected chi connectivity index (χ4v) is 5.35. The van der Waals surface area contributed by atoms with Gasteiger partial charge in [0.2, 0.25) is 0 Å². The third kappa shape index (κ3) is 5.21. The zero-order chi connectivity index (χ0) is 27.3. The first kappa shape index (κ1) is 26.3. The van der Waals surface area contributed by atoms with E-state index in [1.807, 2.05) is 0 Å². The van der Waals surface area contributed by atoms with Crippen LogP contribution < -0.4 is 10.5 Å². The molecule has 0 spiro atoms. The lowest BCUT2D eigenvalue weighted by molar-refractivity contribution is -0.383. The van der Waals surface area contributed by atoms with Crippen molar-refractivity contribution in [3.8, 4) is 0 Å². The van der Waals surface area contributed by atoms with Crippen LogP contribution in [0.2, 0.25) is 0 Å². The van der Waals surface area contributed by atoms with Crippen LogP contribution >= 0.6 is 11.3 Å². The maximum atomic E-state index is 13.2. The number of nitro benzene ring substituents is 1. The number of carbonyl (C=O) groups is 1. The zero-order valence-electron chi connectivity index (χ0n) is 18.4. The van der Waals surface area contributed by atoms with Crippen molar-refractivity contribution in [2.24, 2.45) is 0 Å². The minimum atomic E-state index is -4.92. The number of benzene rings is 2. The molecule has 0 radical (unpaired) electrons. The molecule has 0 bridgehead atoms. The van der Waals surface area contributed by atoms with Crippen LogP contribution in [0.3, 0.4) is 0 Å². The Kier molecular flexibility index (Phi) is 6.60. The van der Waals surface area contributed by atoms with Gasteiger partial charge in [-0.05, 0) is 48.6 Å². The van der Waals surface area contributed by atoms with Gasteiger partial charge in [-0.3, -0.25) is 14.9 Å². The largest absolute Gasteiger partial charge is 0.478 e. The van der Waals surface area contributed by atoms with Gasteiger partial charge in [-0.1, -0.05) is 11.3 Å². The van der Waals surface area contributed by atoms with Crippen LogP contribution in [0.25, 0.3) is 10.1 Å². The summed E-state index contributed by atoms with van der Waals surface area (Å²) in [4.78, 5) is 39.9. The number of hydrogen-bond donors (Lipinski definition) is 1. The third-order valence-electron chi connectivity index (χ3n) is 6.03. The summed E-state index contributed by atoms with van der Waals surface area (Å²) in [5.41, 5.74) is -4.60. The Hall–Kier alpha value is -3.75. The van der Waals surface area contributed by atoms with Crippen molar-refractivity contribution in [3.63, 3.8) is 0 Å². The maximum absolute atomic E-state index is 13.2. The number of aromatic carboxylic acids is 1. The molecule has 1 N–H and O–H groups in total. The molecule has 1 aliphatic rings. The molecule has 1 saturated heterocycles. The van der Waals surface area contributed by atoms with Gasteiger partial charge in [0.15, 0.2) is 5.13 Å². The normalized spacial score (nSPS) is 15.2. The highest BCUT2D eigenvalue weighted by molar-refractivity contribution is 7.22. The summed E-state index contributed by atoms with van der Waals surface area (Å²) < 4.78 is 78.8. The van der Waals surface area contributed by atoms with Gasteiger partial charge >= 0.3 is 18.3 Å². The summed E-state index contributed by atoms with van der Waals surface area (Å²) in [7, 11) is 0. The van der Waals surface area contributed by atoms with Crippen molar-refractivity contribution in [2.45, 2.75) is 31.1 Å². The van der Waals surface area contributed by atoms with E-state index in [0.29, 0.717) is 29.5 Å². The molecule has 0 amide bonds. The van der Waals surface area contributed by atoms with E-state index in [1.54, 1.807) is 0 Å². The summed E-state index contributed by atoms with van der Waals surface area (Å²) in [6.45, 7) is 0.228. The molecule has 15 heteroatoms. The van der Waals surface area contributed by atoms with Crippen molar-refractivity contribution in [2.75, 3.05) is 18.0 Å². The molecule has 1 aliphatic heterocycles. The Morgan fingerprint density at radius 3 is 2.22 bits per heavy atom. The van der Waals surface area contributed by atoms with E-state index in [9.17, 15) is 51.2 Å². The molecular formula is C22H15F6N3O5S. The molecule has 0 aliphatic carbocycles. The minimum absolute atomic E-state index is 0.00121. The summed E-state index contributed by atoms with van der Waals surface area (Å²) in [6.07, 6.45) is -9.24. The molecule has 4 rings (SSSR count). The summed E-state index contributed by atoms with van der Waals surface area (Å²) in [5.74, 6) is -1.95. The average Bonchev–Trinajstić information content (AvgIpc) is 2.81. The zero-order valence-corrected chi connectivity index (χ0v) is 19.2. The molecule has 1 fully saturated rings. The lowest BCUT2D eigenvalue weighted by atomic mass is 9.85. The molecular weight excluding hydrogens is 532 g/mol. The topological polar surface area (TPSA) is 114 Å². The van der Waals surface area contributed by atoms with E-state index in [4.69, 9.17) is 0 Å². The Morgan fingerprint density at radius 1 is 1.05 bits per heavy atom. The van der Waals surface area contributed by atoms with Crippen LogP contribution in [0.5, 0.6) is 0 Å². The van der Waals surface area contributed by atoms with E-state index in [1.165, 1.54) is 4.90 Å². The quantitative estimate of drug-likeness (QED) is 0.254. The number of piperidine rings is 1. The molecule has 0 unspecified atom stereocenters. The first-order chi connectivity index (χ1) is 17.2. The second kappa shape index (κ2) is 9.28. The number of hydrogen-bond acceptors (Lipinski definition) is 7. The summed E-state index contributed by atoms with van der Waals surface area (Å²) in [6, 6.07) is 3.24. The molecule has 196 valence electrons. The lowest BCUT2D eigenvalue weighted by Crippen LogP contribution is -2.34. The number of anilines is 1. The monoisotopic (exact) mass is 547 g/mol. The Balaban J connectivity index is 1.67. The van der Waals surface area contributed by atoms with Crippen molar-refractivity contribution in [3.05, 3.63) is 73.1 Å². The van der Waals surface area contributed by atoms with Gasteiger partial charge in [0.25, 0.3) is 11.2 Å². The average molecular weight is 547 g/mol. The SMILES string of the molecule is O=C(O)c1ccc(C(F)(F)F)cc1C1CCN(c2nc(=O)c3cc(C(F)(F)F)cc([N+](=O)[O-])c3s2)CC1. The Labute approximate surface area is 206 Å². The smallest absolute Gasteiger partial charge is 0.416 e. The number of alkyl halides is 6. The number of non-ortho nitro benzene ring substituents is 1. The number of nitrogens with zero attached hydrogens (tertiary/aromatic N) is 3. The summed E-state index contributed by atoms with van der Waals surface area (Å²) >= 11 is 0.656. The number of carboxylic acids is 1. The first-order valence-electron chi connectivity index (χ1n) is 10.6. The van der Waals surface area contributed by atoms with Gasteiger partial charge in [-0.15, -0.1) is 0 Å². The van der Waals surface area contributed by atoms with Gasteiger partial charge < -0.3 is 10.0 Å². The van der Waals surface area contributed by atoms with E-state index >= 15 is 0 Å². The predicted octanol–water partition coefficient (Wildman–Crippen LogP) is 5.68. The molecule has 2 heterocycles. The summed E-state index contributed by atoms with van der Waals surface area (Å²) in [5, 5.41) is 20.3. The highest BCUT2D eigenvalue weighted by atomic mass is 32.1. The van der Waals surface area contributed by atoms with E-state index in [2.05, 4.69) is 4.98 Å². The van der Waals surface area contributed by atoms with E-state index < -0.39 is 56.9 Å². The molecule has 0 atom stereocenters. The maximum Gasteiger partial charge on any atom is 0.416 e. The second-order valence-electron chi connectivity index (χ2n) is 8.29. The van der Waals surface area contributed by atoms with Crippen molar-refractivity contribution in [1.29, 1.82) is 0 Å². The van der Waals surface area contributed by atoms with Crippen LogP contribution in [0.1, 0.15) is 45.8 Å². The van der Waals surface area contributed by atoms with Gasteiger partial charge in [0, 0.05) is 19.2 Å². The van der Waals surface area contributed by atoms with Crippen LogP contribution in [0.4, 0.5) is 37.2 Å². The van der Waals surface area contributed by atoms with E-state index in [0.717, 1.165) is 12.1 Å². The van der Waals surface area contributed by atoms with Gasteiger partial charge in [-0.2, -0.15) is 31.3 Å². The molecule has 0 saturated carbocycles. The van der Waals surface area contributed by atoms with Gasteiger partial charge in [-0.25, -0.2) is 4.79 Å². The molecule has 3 aromatic rings. The fraction of sp³-hybridized carbons (Fsp3) is 0.318. The van der Waals surface area contributed by atoms with Gasteiger partial charge in [0.05, 0.1) is 27.0 Å². The number of halogens is 6. The first-order valence-corrected chi connectivity index (χ1v) is 11.4. The number of nitro groups is 1. The van der Waals surface area contributed by atoms with Crippen LogP contribution in [-0.4, -0.2) is 34.1 Å². The minimum Gasteiger partial charge on any atom is -0.478 e. The number of aromatic nitrogens is 1. The standard InChI is InChI=1S/C22H15F6N3O5S/c23-21(24,25)11-1-2-13(19(33)34)14(7-11)10-3-5-30(6-4-10)20-29-18(32)15-8-12(22(26,27)28)9-16(31(35)36)17(15)37-20/h1-2,7-10H,3-6H2,(H,33,34). The number of carboxylic acid groups (broad SMARTS) is 1. The van der Waals surface area contributed by atoms with Gasteiger partial charge in [0.1, 0.15) is 4.70 Å². The lowest BCUT2D eigenvalue weighted by Gasteiger charge is -2.33. The van der Waals surface area contributed by atoms with Crippen LogP contribution in [0.15, 0.2) is 35.1 Å².